The van der Waals surface area contributed by atoms with Crippen LogP contribution in [0.4, 0.5) is 0 Å². The third-order valence-electron chi connectivity index (χ3n) is 5.23. The monoisotopic (exact) mass is 334 g/mol. The molecule has 2 aliphatic rings. The molecule has 0 radical (unpaired) electrons. The fourth-order valence-corrected chi connectivity index (χ4v) is 3.82. The first kappa shape index (κ1) is 17.5. The van der Waals surface area contributed by atoms with Gasteiger partial charge in [0, 0.05) is 31.7 Å². The Hall–Kier alpha value is -1.30. The highest BCUT2D eigenvalue weighted by Gasteiger charge is 2.25. The molecule has 1 atom stereocenters. The summed E-state index contributed by atoms with van der Waals surface area (Å²) in [5.41, 5.74) is 1.28. The average molecular weight is 334 g/mol. The molecule has 1 aromatic carbocycles. The highest BCUT2D eigenvalue weighted by Crippen LogP contribution is 2.32. The zero-order valence-electron chi connectivity index (χ0n) is 14.9. The van der Waals surface area contributed by atoms with Gasteiger partial charge in [-0.15, -0.1) is 0 Å². The highest BCUT2D eigenvalue weighted by atomic mass is 16.5. The lowest BCUT2D eigenvalue weighted by Gasteiger charge is -2.35. The number of methoxy groups -OCH3 is 2. The Kier molecular flexibility index (Phi) is 6.35. The lowest BCUT2D eigenvalue weighted by Crippen LogP contribution is -2.44. The van der Waals surface area contributed by atoms with Crippen molar-refractivity contribution in [2.24, 2.45) is 0 Å². The van der Waals surface area contributed by atoms with E-state index in [0.29, 0.717) is 12.1 Å². The first-order valence-corrected chi connectivity index (χ1v) is 9.09. The van der Waals surface area contributed by atoms with Crippen molar-refractivity contribution in [2.75, 3.05) is 47.1 Å². The van der Waals surface area contributed by atoms with Gasteiger partial charge in [-0.2, -0.15) is 0 Å². The number of benzene rings is 1. The molecule has 0 amide bonds. The van der Waals surface area contributed by atoms with Crippen molar-refractivity contribution >= 4 is 0 Å². The minimum Gasteiger partial charge on any atom is -0.493 e. The molecule has 0 spiro atoms. The molecule has 1 saturated carbocycles. The van der Waals surface area contributed by atoms with Crippen LogP contribution in [0.25, 0.3) is 0 Å². The zero-order valence-corrected chi connectivity index (χ0v) is 14.9. The second-order valence-corrected chi connectivity index (χ2v) is 6.67. The van der Waals surface area contributed by atoms with Crippen molar-refractivity contribution < 1.29 is 14.2 Å². The quantitative estimate of drug-likeness (QED) is 0.830. The van der Waals surface area contributed by atoms with E-state index in [1.165, 1.54) is 31.2 Å². The van der Waals surface area contributed by atoms with Gasteiger partial charge in [-0.05, 0) is 30.5 Å². The first-order valence-electron chi connectivity index (χ1n) is 9.09. The lowest BCUT2D eigenvalue weighted by molar-refractivity contribution is 0.0156. The van der Waals surface area contributed by atoms with Crippen LogP contribution >= 0.6 is 0 Å². The van der Waals surface area contributed by atoms with Crippen LogP contribution in [0.2, 0.25) is 0 Å². The maximum atomic E-state index is 5.54. The Morgan fingerprint density at radius 2 is 1.83 bits per heavy atom. The highest BCUT2D eigenvalue weighted by molar-refractivity contribution is 5.44. The maximum absolute atomic E-state index is 5.54. The Balaban J connectivity index is 1.76. The van der Waals surface area contributed by atoms with Gasteiger partial charge in [0.15, 0.2) is 11.5 Å². The van der Waals surface area contributed by atoms with E-state index in [4.69, 9.17) is 14.2 Å². The molecule has 2 fully saturated rings. The summed E-state index contributed by atoms with van der Waals surface area (Å²) >= 11 is 0. The molecule has 24 heavy (non-hydrogen) atoms. The van der Waals surface area contributed by atoms with E-state index in [1.54, 1.807) is 14.2 Å². The maximum Gasteiger partial charge on any atom is 0.161 e. The minimum atomic E-state index is 0.342. The Morgan fingerprint density at radius 1 is 1.12 bits per heavy atom. The lowest BCUT2D eigenvalue weighted by atomic mass is 10.0. The fraction of sp³-hybridized carbons (Fsp3) is 0.684. The summed E-state index contributed by atoms with van der Waals surface area (Å²) in [6, 6.07) is 7.31. The summed E-state index contributed by atoms with van der Waals surface area (Å²) in [6.45, 7) is 4.55. The molecule has 1 aromatic rings. The minimum absolute atomic E-state index is 0.342. The molecule has 0 aromatic heterocycles. The second kappa shape index (κ2) is 8.70. The standard InChI is InChI=1S/C19H30N2O3/c1-22-18-8-7-15(13-19(18)23-2)17(21-9-11-24-12-10-21)14-20-16-5-3-4-6-16/h7-8,13,16-17,20H,3-6,9-12,14H2,1-2H3. The van der Waals surface area contributed by atoms with Crippen molar-refractivity contribution in [1.29, 1.82) is 0 Å². The molecule has 1 unspecified atom stereocenters. The number of morpholine rings is 1. The Bertz CT molecular complexity index is 511. The van der Waals surface area contributed by atoms with Crippen molar-refractivity contribution in [2.45, 2.75) is 37.8 Å². The van der Waals surface area contributed by atoms with Crippen LogP contribution < -0.4 is 14.8 Å². The van der Waals surface area contributed by atoms with E-state index in [9.17, 15) is 0 Å². The molecule has 1 N–H and O–H groups in total. The van der Waals surface area contributed by atoms with Crippen LogP contribution in [0.5, 0.6) is 11.5 Å². The number of hydrogen-bond donors (Lipinski definition) is 1. The molecule has 5 heteroatoms. The number of rotatable bonds is 7. The molecular formula is C19H30N2O3. The summed E-state index contributed by atoms with van der Waals surface area (Å²) < 4.78 is 16.4. The Morgan fingerprint density at radius 3 is 2.50 bits per heavy atom. The smallest absolute Gasteiger partial charge is 0.161 e. The van der Waals surface area contributed by atoms with E-state index < -0.39 is 0 Å². The van der Waals surface area contributed by atoms with Gasteiger partial charge in [-0.3, -0.25) is 4.90 Å². The largest absolute Gasteiger partial charge is 0.493 e. The first-order chi connectivity index (χ1) is 11.8. The van der Waals surface area contributed by atoms with Gasteiger partial charge in [0.2, 0.25) is 0 Å². The summed E-state index contributed by atoms with van der Waals surface area (Å²) in [5, 5.41) is 3.79. The van der Waals surface area contributed by atoms with E-state index >= 15 is 0 Å². The molecule has 1 saturated heterocycles. The van der Waals surface area contributed by atoms with E-state index in [2.05, 4.69) is 22.3 Å². The van der Waals surface area contributed by atoms with E-state index in [1.807, 2.05) is 6.07 Å². The van der Waals surface area contributed by atoms with Gasteiger partial charge in [-0.1, -0.05) is 18.9 Å². The summed E-state index contributed by atoms with van der Waals surface area (Å²) in [7, 11) is 3.38. The predicted octanol–water partition coefficient (Wildman–Crippen LogP) is 2.61. The average Bonchev–Trinajstić information content (AvgIpc) is 3.16. The SMILES string of the molecule is COc1ccc(C(CNC2CCCC2)N2CCOCC2)cc1OC. The Labute approximate surface area is 145 Å². The van der Waals surface area contributed by atoms with Gasteiger partial charge in [0.1, 0.15) is 0 Å². The number of ether oxygens (including phenoxy) is 3. The van der Waals surface area contributed by atoms with Crippen molar-refractivity contribution in [3.8, 4) is 11.5 Å². The second-order valence-electron chi connectivity index (χ2n) is 6.67. The topological polar surface area (TPSA) is 43.0 Å². The third kappa shape index (κ3) is 4.21. The third-order valence-corrected chi connectivity index (χ3v) is 5.23. The fourth-order valence-electron chi connectivity index (χ4n) is 3.82. The predicted molar refractivity (Wildman–Crippen MR) is 94.9 cm³/mol. The van der Waals surface area contributed by atoms with E-state index in [-0.39, 0.29) is 0 Å². The molecule has 1 aliphatic carbocycles. The molecular weight excluding hydrogens is 304 g/mol. The van der Waals surface area contributed by atoms with Gasteiger partial charge in [0.25, 0.3) is 0 Å². The molecule has 3 rings (SSSR count). The summed E-state index contributed by atoms with van der Waals surface area (Å²) in [6.07, 6.45) is 5.33. The summed E-state index contributed by atoms with van der Waals surface area (Å²) in [5.74, 6) is 1.58. The van der Waals surface area contributed by atoms with Crippen molar-refractivity contribution in [3.63, 3.8) is 0 Å². The van der Waals surface area contributed by atoms with Crippen molar-refractivity contribution in [3.05, 3.63) is 23.8 Å². The van der Waals surface area contributed by atoms with Gasteiger partial charge in [0.05, 0.1) is 27.4 Å². The zero-order chi connectivity index (χ0) is 16.8. The number of nitrogens with one attached hydrogen (secondary N) is 1. The molecule has 0 bridgehead atoms. The molecule has 5 nitrogen and oxygen atoms in total. The van der Waals surface area contributed by atoms with Crippen LogP contribution in [-0.2, 0) is 4.74 Å². The summed E-state index contributed by atoms with van der Waals surface area (Å²) in [4.78, 5) is 2.52. The van der Waals surface area contributed by atoms with Gasteiger partial charge < -0.3 is 19.5 Å². The normalized spacial score (nSPS) is 20.9. The number of nitrogens with zero attached hydrogens (tertiary/aromatic N) is 1. The van der Waals surface area contributed by atoms with Crippen LogP contribution in [0, 0.1) is 0 Å². The molecule has 1 heterocycles. The van der Waals surface area contributed by atoms with Crippen molar-refractivity contribution in [1.82, 2.24) is 10.2 Å². The van der Waals surface area contributed by atoms with Gasteiger partial charge in [-0.25, -0.2) is 0 Å². The van der Waals surface area contributed by atoms with Crippen LogP contribution in [-0.4, -0.2) is 58.0 Å². The number of hydrogen-bond acceptors (Lipinski definition) is 5. The van der Waals surface area contributed by atoms with E-state index in [0.717, 1.165) is 44.3 Å². The molecule has 1 aliphatic heterocycles. The van der Waals surface area contributed by atoms with Crippen LogP contribution in [0.3, 0.4) is 0 Å². The van der Waals surface area contributed by atoms with Crippen LogP contribution in [0.15, 0.2) is 18.2 Å². The van der Waals surface area contributed by atoms with Gasteiger partial charge >= 0.3 is 0 Å². The molecule has 134 valence electrons. The van der Waals surface area contributed by atoms with Crippen LogP contribution in [0.1, 0.15) is 37.3 Å².